The minimum Gasteiger partial charge on any atom is -0.487 e. The number of hydrogen-bond acceptors (Lipinski definition) is 3. The Morgan fingerprint density at radius 2 is 2.04 bits per heavy atom. The molecule has 1 spiro atoms. The van der Waals surface area contributed by atoms with Crippen LogP contribution in [0.2, 0.25) is 0 Å². The van der Waals surface area contributed by atoms with E-state index in [0.717, 1.165) is 31.4 Å². The normalized spacial score (nSPS) is 21.5. The molecule has 0 N–H and O–H groups in total. The van der Waals surface area contributed by atoms with E-state index in [1.165, 1.54) is 5.56 Å². The molecule has 2 aliphatic rings. The quantitative estimate of drug-likeness (QED) is 0.726. The van der Waals surface area contributed by atoms with Gasteiger partial charge < -0.3 is 19.2 Å². The highest BCUT2D eigenvalue weighted by molar-refractivity contribution is 5.68. The van der Waals surface area contributed by atoms with Crippen LogP contribution in [0.15, 0.2) is 24.3 Å². The molecular formula is C21H28N2O3. The maximum absolute atomic E-state index is 12.3. The number of benzene rings is 1. The highest BCUT2D eigenvalue weighted by Crippen LogP contribution is 2.46. The van der Waals surface area contributed by atoms with E-state index in [2.05, 4.69) is 10.9 Å². The van der Waals surface area contributed by atoms with E-state index in [4.69, 9.17) is 16.0 Å². The van der Waals surface area contributed by atoms with Gasteiger partial charge in [-0.15, -0.1) is 0 Å². The second-order valence-electron chi connectivity index (χ2n) is 8.36. The van der Waals surface area contributed by atoms with E-state index in [9.17, 15) is 4.79 Å². The molecule has 0 aromatic heterocycles. The van der Waals surface area contributed by atoms with Crippen molar-refractivity contribution in [2.45, 2.75) is 63.6 Å². The first-order valence-electron chi connectivity index (χ1n) is 9.41. The largest absolute Gasteiger partial charge is 0.487 e. The Balaban J connectivity index is 1.70. The van der Waals surface area contributed by atoms with E-state index < -0.39 is 5.60 Å². The summed E-state index contributed by atoms with van der Waals surface area (Å²) in [5, 5.41) is 0. The molecule has 3 rings (SSSR count). The standard InChI is InChI=1S/C21H28N2O3/c1-20(2,3)26-19(24)23-13-10-21(11-14-23)15-16(9-12-22-4)17-7-5-6-8-18(17)25-21/h5-8,16H,9-15H2,1-3H3. The summed E-state index contributed by atoms with van der Waals surface area (Å²) in [5.41, 5.74) is 0.507. The van der Waals surface area contributed by atoms with Crippen LogP contribution in [0, 0.1) is 6.57 Å². The van der Waals surface area contributed by atoms with Gasteiger partial charge in [-0.2, -0.15) is 0 Å². The Morgan fingerprint density at radius 3 is 2.69 bits per heavy atom. The van der Waals surface area contributed by atoms with Crippen molar-refractivity contribution in [2.75, 3.05) is 19.6 Å². The number of carbonyl (C=O) groups is 1. The number of para-hydroxylation sites is 1. The summed E-state index contributed by atoms with van der Waals surface area (Å²) in [7, 11) is 0. The van der Waals surface area contributed by atoms with Gasteiger partial charge in [0, 0.05) is 32.4 Å². The Hall–Kier alpha value is -2.22. The molecule has 26 heavy (non-hydrogen) atoms. The van der Waals surface area contributed by atoms with Gasteiger partial charge in [-0.1, -0.05) is 18.2 Å². The number of piperidine rings is 1. The Morgan fingerprint density at radius 1 is 1.35 bits per heavy atom. The lowest BCUT2D eigenvalue weighted by molar-refractivity contribution is -0.0326. The second kappa shape index (κ2) is 7.19. The molecule has 5 heteroatoms. The molecule has 1 unspecified atom stereocenters. The Bertz CT molecular complexity index is 694. The first-order valence-corrected chi connectivity index (χ1v) is 9.41. The number of fused-ring (bicyclic) bond motifs is 1. The topological polar surface area (TPSA) is 43.1 Å². The van der Waals surface area contributed by atoms with Gasteiger partial charge >= 0.3 is 6.09 Å². The molecule has 0 saturated carbocycles. The molecule has 5 nitrogen and oxygen atoms in total. The highest BCUT2D eigenvalue weighted by atomic mass is 16.6. The molecule has 1 saturated heterocycles. The number of carbonyl (C=O) groups excluding carboxylic acids is 1. The molecule has 1 aromatic carbocycles. The smallest absolute Gasteiger partial charge is 0.410 e. The molecule has 1 atom stereocenters. The molecule has 140 valence electrons. The monoisotopic (exact) mass is 356 g/mol. The molecule has 0 bridgehead atoms. The van der Waals surface area contributed by atoms with Crippen molar-refractivity contribution in [1.29, 1.82) is 0 Å². The third kappa shape index (κ3) is 4.12. The van der Waals surface area contributed by atoms with Crippen LogP contribution in [0.25, 0.3) is 4.85 Å². The Kier molecular flexibility index (Phi) is 5.13. The summed E-state index contributed by atoms with van der Waals surface area (Å²) in [5.74, 6) is 1.29. The van der Waals surface area contributed by atoms with Crippen LogP contribution in [0.5, 0.6) is 5.75 Å². The lowest BCUT2D eigenvalue weighted by Gasteiger charge is -2.46. The zero-order chi connectivity index (χ0) is 18.8. The van der Waals surface area contributed by atoms with Gasteiger partial charge in [0.1, 0.15) is 17.0 Å². The minimum atomic E-state index is -0.475. The molecule has 2 heterocycles. The van der Waals surface area contributed by atoms with Crippen LogP contribution >= 0.6 is 0 Å². The van der Waals surface area contributed by atoms with E-state index >= 15 is 0 Å². The third-order valence-electron chi connectivity index (χ3n) is 5.22. The van der Waals surface area contributed by atoms with Crippen LogP contribution < -0.4 is 4.74 Å². The van der Waals surface area contributed by atoms with Crippen molar-refractivity contribution in [3.05, 3.63) is 41.2 Å². The fourth-order valence-corrected chi connectivity index (χ4v) is 3.95. The van der Waals surface area contributed by atoms with E-state index in [1.54, 1.807) is 4.90 Å². The predicted octanol–water partition coefficient (Wildman–Crippen LogP) is 4.63. The average Bonchev–Trinajstić information content (AvgIpc) is 2.58. The summed E-state index contributed by atoms with van der Waals surface area (Å²) in [4.78, 5) is 17.7. The van der Waals surface area contributed by atoms with Crippen molar-refractivity contribution >= 4 is 6.09 Å². The van der Waals surface area contributed by atoms with Crippen LogP contribution in [0.1, 0.15) is 57.9 Å². The van der Waals surface area contributed by atoms with Gasteiger partial charge in [0.25, 0.3) is 0 Å². The summed E-state index contributed by atoms with van der Waals surface area (Å²) < 4.78 is 11.9. The number of hydrogen-bond donors (Lipinski definition) is 0. The zero-order valence-electron chi connectivity index (χ0n) is 16.0. The molecule has 0 radical (unpaired) electrons. The van der Waals surface area contributed by atoms with E-state index in [0.29, 0.717) is 25.6 Å². The lowest BCUT2D eigenvalue weighted by atomic mass is 9.76. The van der Waals surface area contributed by atoms with Crippen LogP contribution in [0.3, 0.4) is 0 Å². The summed E-state index contributed by atoms with van der Waals surface area (Å²) in [6, 6.07) is 8.18. The van der Waals surface area contributed by atoms with Crippen LogP contribution in [-0.4, -0.2) is 41.8 Å². The average molecular weight is 356 g/mol. The predicted molar refractivity (Wildman–Crippen MR) is 100 cm³/mol. The van der Waals surface area contributed by atoms with Crippen LogP contribution in [-0.2, 0) is 4.74 Å². The van der Waals surface area contributed by atoms with Crippen molar-refractivity contribution < 1.29 is 14.3 Å². The fraction of sp³-hybridized carbons (Fsp3) is 0.619. The SMILES string of the molecule is [C-]#[N+]CCC1CC2(CCN(C(=O)OC(C)(C)C)CC2)Oc2ccccc21. The molecule has 2 aliphatic heterocycles. The Labute approximate surface area is 156 Å². The van der Waals surface area contributed by atoms with Crippen LogP contribution in [0.4, 0.5) is 4.79 Å². The first kappa shape index (κ1) is 18.6. The van der Waals surface area contributed by atoms with Crippen molar-refractivity contribution in [3.63, 3.8) is 0 Å². The number of rotatable bonds is 2. The van der Waals surface area contributed by atoms with Crippen molar-refractivity contribution in [2.24, 2.45) is 0 Å². The second-order valence-corrected chi connectivity index (χ2v) is 8.36. The van der Waals surface area contributed by atoms with Crippen molar-refractivity contribution in [1.82, 2.24) is 4.90 Å². The molecule has 1 amide bonds. The molecule has 1 fully saturated rings. The minimum absolute atomic E-state index is 0.237. The van der Waals surface area contributed by atoms with Gasteiger partial charge in [0.15, 0.2) is 0 Å². The van der Waals surface area contributed by atoms with Gasteiger partial charge in [0.2, 0.25) is 6.54 Å². The fourth-order valence-electron chi connectivity index (χ4n) is 3.95. The van der Waals surface area contributed by atoms with Gasteiger partial charge in [-0.25, -0.2) is 11.4 Å². The molecular weight excluding hydrogens is 328 g/mol. The van der Waals surface area contributed by atoms with Gasteiger partial charge in [-0.3, -0.25) is 0 Å². The van der Waals surface area contributed by atoms with Gasteiger partial charge in [0.05, 0.1) is 0 Å². The molecule has 1 aromatic rings. The number of nitrogens with zero attached hydrogens (tertiary/aromatic N) is 2. The lowest BCUT2D eigenvalue weighted by Crippen LogP contribution is -2.52. The maximum atomic E-state index is 12.3. The van der Waals surface area contributed by atoms with E-state index in [1.807, 2.05) is 39.0 Å². The zero-order valence-corrected chi connectivity index (χ0v) is 16.0. The highest BCUT2D eigenvalue weighted by Gasteiger charge is 2.44. The summed E-state index contributed by atoms with van der Waals surface area (Å²) in [6.07, 6.45) is 3.14. The van der Waals surface area contributed by atoms with Crippen molar-refractivity contribution in [3.8, 4) is 5.75 Å². The summed E-state index contributed by atoms with van der Waals surface area (Å²) in [6.45, 7) is 14.6. The molecule has 0 aliphatic carbocycles. The number of ether oxygens (including phenoxy) is 2. The summed E-state index contributed by atoms with van der Waals surface area (Å²) >= 11 is 0. The number of amides is 1. The maximum Gasteiger partial charge on any atom is 0.410 e. The first-order chi connectivity index (χ1) is 12.3. The van der Waals surface area contributed by atoms with Gasteiger partial charge in [-0.05, 0) is 44.7 Å². The number of likely N-dealkylation sites (tertiary alicyclic amines) is 1. The third-order valence-corrected chi connectivity index (χ3v) is 5.22. The van der Waals surface area contributed by atoms with E-state index in [-0.39, 0.29) is 11.7 Å².